The number of hydrogen-bond donors (Lipinski definition) is 2. The number of benzene rings is 3. The van der Waals surface area contributed by atoms with E-state index in [1.165, 1.54) is 6.07 Å². The molecule has 0 saturated carbocycles. The summed E-state index contributed by atoms with van der Waals surface area (Å²) in [4.78, 5) is 23.7. The molecule has 2 N–H and O–H groups in total. The van der Waals surface area contributed by atoms with Crippen molar-refractivity contribution in [3.63, 3.8) is 0 Å². The van der Waals surface area contributed by atoms with Crippen LogP contribution in [-0.4, -0.2) is 16.1 Å². The standard InChI is InChI=1S/C23H17N3O2/c27-22-14-13-21(25-26-22)19-7-4-8-20(15-19)24-23(28)18-11-9-17(10-12-18)16-5-2-1-3-6-16/h1-15H,(H,24,28)(H,26,27). The highest BCUT2D eigenvalue weighted by Crippen LogP contribution is 2.22. The summed E-state index contributed by atoms with van der Waals surface area (Å²) in [5.41, 5.74) is 4.57. The third-order valence-electron chi connectivity index (χ3n) is 4.35. The normalized spacial score (nSPS) is 10.4. The van der Waals surface area contributed by atoms with Crippen molar-refractivity contribution in [1.29, 1.82) is 0 Å². The van der Waals surface area contributed by atoms with Crippen molar-refractivity contribution in [1.82, 2.24) is 10.2 Å². The highest BCUT2D eigenvalue weighted by molar-refractivity contribution is 6.04. The zero-order valence-electron chi connectivity index (χ0n) is 14.9. The number of anilines is 1. The van der Waals surface area contributed by atoms with Gasteiger partial charge in [-0.3, -0.25) is 9.59 Å². The topological polar surface area (TPSA) is 74.8 Å². The molecule has 5 heteroatoms. The van der Waals surface area contributed by atoms with Crippen molar-refractivity contribution < 1.29 is 4.79 Å². The van der Waals surface area contributed by atoms with Crippen LogP contribution in [0.2, 0.25) is 0 Å². The van der Waals surface area contributed by atoms with Gasteiger partial charge in [0.05, 0.1) is 5.69 Å². The molecule has 1 heterocycles. The van der Waals surface area contributed by atoms with Gasteiger partial charge in [-0.1, -0.05) is 54.6 Å². The van der Waals surface area contributed by atoms with Crippen molar-refractivity contribution >= 4 is 11.6 Å². The van der Waals surface area contributed by atoms with E-state index in [-0.39, 0.29) is 11.5 Å². The molecule has 0 radical (unpaired) electrons. The third kappa shape index (κ3) is 3.88. The number of H-pyrrole nitrogens is 1. The second-order valence-corrected chi connectivity index (χ2v) is 6.28. The fraction of sp³-hybridized carbons (Fsp3) is 0. The van der Waals surface area contributed by atoms with Gasteiger partial charge in [0.1, 0.15) is 0 Å². The first kappa shape index (κ1) is 17.4. The van der Waals surface area contributed by atoms with Gasteiger partial charge in [-0.25, -0.2) is 5.10 Å². The quantitative estimate of drug-likeness (QED) is 0.563. The smallest absolute Gasteiger partial charge is 0.264 e. The SMILES string of the molecule is O=C(Nc1cccc(-c2ccc(=O)[nH]n2)c1)c1ccc(-c2ccccc2)cc1. The number of carbonyl (C=O) groups excluding carboxylic acids is 1. The monoisotopic (exact) mass is 367 g/mol. The molecule has 0 saturated heterocycles. The summed E-state index contributed by atoms with van der Waals surface area (Å²) in [6, 6.07) is 27.9. The van der Waals surface area contributed by atoms with Crippen LogP contribution in [0.25, 0.3) is 22.4 Å². The number of amides is 1. The van der Waals surface area contributed by atoms with E-state index in [9.17, 15) is 9.59 Å². The molecule has 0 spiro atoms. The molecule has 136 valence electrons. The van der Waals surface area contributed by atoms with E-state index < -0.39 is 0 Å². The van der Waals surface area contributed by atoms with Gasteiger partial charge in [0.2, 0.25) is 0 Å². The number of aromatic nitrogens is 2. The summed E-state index contributed by atoms with van der Waals surface area (Å²) in [6.07, 6.45) is 0. The lowest BCUT2D eigenvalue weighted by atomic mass is 10.0. The van der Waals surface area contributed by atoms with Crippen LogP contribution in [0, 0.1) is 0 Å². The predicted molar refractivity (Wildman–Crippen MR) is 110 cm³/mol. The minimum Gasteiger partial charge on any atom is -0.322 e. The number of hydrogen-bond acceptors (Lipinski definition) is 3. The lowest BCUT2D eigenvalue weighted by molar-refractivity contribution is 0.102. The number of nitrogens with zero attached hydrogens (tertiary/aromatic N) is 1. The van der Waals surface area contributed by atoms with Gasteiger partial charge < -0.3 is 5.32 Å². The molecule has 4 aromatic rings. The lowest BCUT2D eigenvalue weighted by Gasteiger charge is -2.08. The summed E-state index contributed by atoms with van der Waals surface area (Å²) in [5.74, 6) is -0.189. The lowest BCUT2D eigenvalue weighted by Crippen LogP contribution is -2.11. The Morgan fingerprint density at radius 3 is 2.18 bits per heavy atom. The highest BCUT2D eigenvalue weighted by atomic mass is 16.1. The molecule has 4 rings (SSSR count). The summed E-state index contributed by atoms with van der Waals surface area (Å²) in [6.45, 7) is 0. The van der Waals surface area contributed by atoms with Crippen LogP contribution in [0.15, 0.2) is 95.8 Å². The van der Waals surface area contributed by atoms with E-state index in [0.29, 0.717) is 16.9 Å². The first-order valence-electron chi connectivity index (χ1n) is 8.82. The fourth-order valence-corrected chi connectivity index (χ4v) is 2.91. The summed E-state index contributed by atoms with van der Waals surface area (Å²) < 4.78 is 0. The molecular formula is C23H17N3O2. The molecule has 0 aliphatic carbocycles. The van der Waals surface area contributed by atoms with Crippen LogP contribution in [0.1, 0.15) is 10.4 Å². The van der Waals surface area contributed by atoms with Gasteiger partial charge in [0.15, 0.2) is 0 Å². The Bertz CT molecular complexity index is 1150. The second kappa shape index (κ2) is 7.72. The van der Waals surface area contributed by atoms with Crippen LogP contribution in [0.4, 0.5) is 5.69 Å². The van der Waals surface area contributed by atoms with Crippen LogP contribution in [0.5, 0.6) is 0 Å². The molecule has 0 fully saturated rings. The maximum Gasteiger partial charge on any atom is 0.264 e. The van der Waals surface area contributed by atoms with E-state index in [1.807, 2.05) is 78.9 Å². The van der Waals surface area contributed by atoms with Crippen molar-refractivity contribution in [2.24, 2.45) is 0 Å². The largest absolute Gasteiger partial charge is 0.322 e. The van der Waals surface area contributed by atoms with Gasteiger partial charge in [-0.15, -0.1) is 0 Å². The molecule has 3 aromatic carbocycles. The first-order chi connectivity index (χ1) is 13.7. The Morgan fingerprint density at radius 1 is 0.750 bits per heavy atom. The van der Waals surface area contributed by atoms with Crippen molar-refractivity contribution in [2.75, 3.05) is 5.32 Å². The van der Waals surface area contributed by atoms with Crippen LogP contribution in [0.3, 0.4) is 0 Å². The van der Waals surface area contributed by atoms with Crippen molar-refractivity contribution in [3.8, 4) is 22.4 Å². The molecule has 28 heavy (non-hydrogen) atoms. The van der Waals surface area contributed by atoms with Crippen LogP contribution >= 0.6 is 0 Å². The van der Waals surface area contributed by atoms with Crippen molar-refractivity contribution in [3.05, 3.63) is 107 Å². The Kier molecular flexibility index (Phi) is 4.80. The third-order valence-corrected chi connectivity index (χ3v) is 4.35. The molecule has 0 aliphatic heterocycles. The minimum absolute atomic E-state index is 0.189. The summed E-state index contributed by atoms with van der Waals surface area (Å²) in [7, 11) is 0. The summed E-state index contributed by atoms with van der Waals surface area (Å²) in [5, 5.41) is 9.33. The predicted octanol–water partition coefficient (Wildman–Crippen LogP) is 4.36. The van der Waals surface area contributed by atoms with E-state index >= 15 is 0 Å². The molecule has 0 bridgehead atoms. The van der Waals surface area contributed by atoms with E-state index in [1.54, 1.807) is 6.07 Å². The van der Waals surface area contributed by atoms with Crippen LogP contribution in [-0.2, 0) is 0 Å². The Balaban J connectivity index is 1.51. The Hall–Kier alpha value is -3.99. The second-order valence-electron chi connectivity index (χ2n) is 6.28. The molecule has 1 amide bonds. The van der Waals surface area contributed by atoms with Gasteiger partial charge in [-0.05, 0) is 41.5 Å². The van der Waals surface area contributed by atoms with Gasteiger partial charge >= 0.3 is 0 Å². The fourth-order valence-electron chi connectivity index (χ4n) is 2.91. The van der Waals surface area contributed by atoms with E-state index in [0.717, 1.165) is 16.7 Å². The summed E-state index contributed by atoms with van der Waals surface area (Å²) >= 11 is 0. The zero-order chi connectivity index (χ0) is 19.3. The minimum atomic E-state index is -0.257. The molecule has 1 aromatic heterocycles. The number of carbonyl (C=O) groups is 1. The number of rotatable bonds is 4. The van der Waals surface area contributed by atoms with Gasteiger partial charge in [0, 0.05) is 22.9 Å². The van der Waals surface area contributed by atoms with E-state index in [2.05, 4.69) is 15.5 Å². The van der Waals surface area contributed by atoms with E-state index in [4.69, 9.17) is 0 Å². The van der Waals surface area contributed by atoms with Gasteiger partial charge in [-0.2, -0.15) is 5.10 Å². The molecule has 0 unspecified atom stereocenters. The van der Waals surface area contributed by atoms with Crippen molar-refractivity contribution in [2.45, 2.75) is 0 Å². The molecular weight excluding hydrogens is 350 g/mol. The number of nitrogens with one attached hydrogen (secondary N) is 2. The number of aromatic amines is 1. The maximum absolute atomic E-state index is 12.6. The molecule has 0 atom stereocenters. The average molecular weight is 367 g/mol. The van der Waals surface area contributed by atoms with Gasteiger partial charge in [0.25, 0.3) is 11.5 Å². The first-order valence-corrected chi connectivity index (χ1v) is 8.82. The molecule has 0 aliphatic rings. The zero-order valence-corrected chi connectivity index (χ0v) is 14.9. The van der Waals surface area contributed by atoms with Crippen LogP contribution < -0.4 is 10.9 Å². The molecule has 5 nitrogen and oxygen atoms in total. The Labute approximate surface area is 161 Å². The maximum atomic E-state index is 12.6. The highest BCUT2D eigenvalue weighted by Gasteiger charge is 2.08. The Morgan fingerprint density at radius 2 is 1.46 bits per heavy atom. The average Bonchev–Trinajstić information content (AvgIpc) is 2.75.